The second-order valence-electron chi connectivity index (χ2n) is 7.40. The standard InChI is InChI=1S/C19H28N4O3S2/c1-10(2)7-8-20-18(26)21-14(24)9-27-19-22-16-15(12(5)13(6)28-16)17(25)23(19)11(3)4/h10-11H,7-9H2,1-6H3,(H2,20,21,24,26). The Morgan fingerprint density at radius 3 is 2.50 bits per heavy atom. The Morgan fingerprint density at radius 1 is 1.21 bits per heavy atom. The number of nitrogens with one attached hydrogen (secondary N) is 2. The highest BCUT2D eigenvalue weighted by Gasteiger charge is 2.19. The van der Waals surface area contributed by atoms with E-state index >= 15 is 0 Å². The van der Waals surface area contributed by atoms with Crippen molar-refractivity contribution in [2.45, 2.75) is 59.2 Å². The molecule has 154 valence electrons. The predicted molar refractivity (Wildman–Crippen MR) is 115 cm³/mol. The van der Waals surface area contributed by atoms with Crippen LogP contribution in [0.5, 0.6) is 0 Å². The number of fused-ring (bicyclic) bond motifs is 1. The van der Waals surface area contributed by atoms with Gasteiger partial charge in [-0.3, -0.25) is 19.5 Å². The van der Waals surface area contributed by atoms with E-state index in [1.165, 1.54) is 11.3 Å². The molecule has 0 fully saturated rings. The predicted octanol–water partition coefficient (Wildman–Crippen LogP) is 3.62. The van der Waals surface area contributed by atoms with E-state index < -0.39 is 11.9 Å². The van der Waals surface area contributed by atoms with Crippen LogP contribution in [0.4, 0.5) is 4.79 Å². The first-order valence-corrected chi connectivity index (χ1v) is 11.1. The van der Waals surface area contributed by atoms with Crippen LogP contribution < -0.4 is 16.2 Å². The molecule has 2 heterocycles. The van der Waals surface area contributed by atoms with E-state index in [0.717, 1.165) is 28.6 Å². The summed E-state index contributed by atoms with van der Waals surface area (Å²) in [6, 6.07) is -0.589. The Morgan fingerprint density at radius 2 is 1.89 bits per heavy atom. The second kappa shape index (κ2) is 9.56. The molecular weight excluding hydrogens is 396 g/mol. The smallest absolute Gasteiger partial charge is 0.321 e. The third-order valence-electron chi connectivity index (χ3n) is 4.31. The first kappa shape index (κ1) is 22.4. The molecule has 2 N–H and O–H groups in total. The van der Waals surface area contributed by atoms with Crippen LogP contribution in [-0.4, -0.2) is 33.8 Å². The summed E-state index contributed by atoms with van der Waals surface area (Å²) in [5, 5.41) is 6.12. The normalized spacial score (nSPS) is 11.4. The van der Waals surface area contributed by atoms with Gasteiger partial charge in [-0.2, -0.15) is 0 Å². The summed E-state index contributed by atoms with van der Waals surface area (Å²) in [6.45, 7) is 12.4. The molecule has 28 heavy (non-hydrogen) atoms. The first-order chi connectivity index (χ1) is 13.1. The minimum Gasteiger partial charge on any atom is -0.338 e. The number of nitrogens with zero attached hydrogens (tertiary/aromatic N) is 2. The molecule has 0 saturated carbocycles. The van der Waals surface area contributed by atoms with Crippen LogP contribution in [0.2, 0.25) is 0 Å². The third kappa shape index (κ3) is 5.35. The molecular formula is C19H28N4O3S2. The molecule has 0 saturated heterocycles. The Bertz CT molecular complexity index is 931. The van der Waals surface area contributed by atoms with Crippen molar-refractivity contribution in [3.63, 3.8) is 0 Å². The van der Waals surface area contributed by atoms with Gasteiger partial charge in [0.2, 0.25) is 5.91 Å². The number of hydrogen-bond donors (Lipinski definition) is 2. The lowest BCUT2D eigenvalue weighted by molar-refractivity contribution is -0.117. The molecule has 0 aliphatic heterocycles. The fourth-order valence-electron chi connectivity index (χ4n) is 2.66. The maximum atomic E-state index is 13.0. The number of imide groups is 1. The molecule has 2 aromatic heterocycles. The van der Waals surface area contributed by atoms with Gasteiger partial charge in [0.05, 0.1) is 11.1 Å². The average Bonchev–Trinajstić information content (AvgIpc) is 2.86. The first-order valence-electron chi connectivity index (χ1n) is 9.34. The number of carbonyl (C=O) groups is 2. The second-order valence-corrected chi connectivity index (χ2v) is 9.55. The van der Waals surface area contributed by atoms with Crippen molar-refractivity contribution < 1.29 is 9.59 Å². The Kier molecular flexibility index (Phi) is 7.65. The van der Waals surface area contributed by atoms with Crippen LogP contribution >= 0.6 is 23.1 Å². The number of urea groups is 1. The number of amides is 3. The maximum Gasteiger partial charge on any atom is 0.321 e. The van der Waals surface area contributed by atoms with Crippen LogP contribution in [0.25, 0.3) is 10.2 Å². The number of aryl methyl sites for hydroxylation is 2. The fourth-order valence-corrected chi connectivity index (χ4v) is 4.65. The van der Waals surface area contributed by atoms with Gasteiger partial charge < -0.3 is 5.32 Å². The lowest BCUT2D eigenvalue weighted by Crippen LogP contribution is -2.41. The van der Waals surface area contributed by atoms with E-state index in [4.69, 9.17) is 0 Å². The van der Waals surface area contributed by atoms with E-state index in [1.807, 2.05) is 27.7 Å². The van der Waals surface area contributed by atoms with Crippen LogP contribution in [0.15, 0.2) is 9.95 Å². The van der Waals surface area contributed by atoms with Gasteiger partial charge in [-0.1, -0.05) is 25.6 Å². The summed E-state index contributed by atoms with van der Waals surface area (Å²) >= 11 is 2.65. The number of rotatable bonds is 7. The SMILES string of the molecule is Cc1sc2nc(SCC(=O)NC(=O)NCCC(C)C)n(C(C)C)c(=O)c2c1C. The highest BCUT2D eigenvalue weighted by atomic mass is 32.2. The van der Waals surface area contributed by atoms with Gasteiger partial charge >= 0.3 is 6.03 Å². The minimum absolute atomic E-state index is 0.00556. The van der Waals surface area contributed by atoms with E-state index in [2.05, 4.69) is 29.5 Å². The van der Waals surface area contributed by atoms with Crippen molar-refractivity contribution in [1.82, 2.24) is 20.2 Å². The molecule has 3 amide bonds. The van der Waals surface area contributed by atoms with Gasteiger partial charge in [0, 0.05) is 17.5 Å². The van der Waals surface area contributed by atoms with Crippen LogP contribution in [0.3, 0.4) is 0 Å². The quantitative estimate of drug-likeness (QED) is 0.523. The summed E-state index contributed by atoms with van der Waals surface area (Å²) in [7, 11) is 0. The van der Waals surface area contributed by atoms with E-state index in [9.17, 15) is 14.4 Å². The number of hydrogen-bond acceptors (Lipinski definition) is 6. The third-order valence-corrected chi connectivity index (χ3v) is 6.37. The zero-order valence-electron chi connectivity index (χ0n) is 17.2. The van der Waals surface area contributed by atoms with E-state index in [1.54, 1.807) is 4.57 Å². The number of thiophene rings is 1. The summed E-state index contributed by atoms with van der Waals surface area (Å²) in [6.07, 6.45) is 0.848. The van der Waals surface area contributed by atoms with Crippen molar-refractivity contribution in [3.8, 4) is 0 Å². The molecule has 0 atom stereocenters. The largest absolute Gasteiger partial charge is 0.338 e. The summed E-state index contributed by atoms with van der Waals surface area (Å²) in [5.74, 6) is 0.0612. The van der Waals surface area contributed by atoms with Crippen LogP contribution in [0.1, 0.15) is 50.6 Å². The van der Waals surface area contributed by atoms with Crippen molar-refractivity contribution in [1.29, 1.82) is 0 Å². The molecule has 0 spiro atoms. The zero-order valence-corrected chi connectivity index (χ0v) is 18.8. The Labute approximate surface area is 173 Å². The van der Waals surface area contributed by atoms with Gasteiger partial charge in [-0.15, -0.1) is 11.3 Å². The van der Waals surface area contributed by atoms with Crippen LogP contribution in [0, 0.1) is 19.8 Å². The highest BCUT2D eigenvalue weighted by Crippen LogP contribution is 2.29. The summed E-state index contributed by atoms with van der Waals surface area (Å²) < 4.78 is 1.61. The Hall–Kier alpha value is -1.87. The monoisotopic (exact) mass is 424 g/mol. The van der Waals surface area contributed by atoms with Gasteiger partial charge in [-0.05, 0) is 45.6 Å². The number of carbonyl (C=O) groups excluding carboxylic acids is 2. The summed E-state index contributed by atoms with van der Waals surface area (Å²) in [4.78, 5) is 43.2. The lowest BCUT2D eigenvalue weighted by atomic mass is 10.1. The summed E-state index contributed by atoms with van der Waals surface area (Å²) in [5.41, 5.74) is 0.871. The molecule has 0 unspecified atom stereocenters. The topological polar surface area (TPSA) is 93.1 Å². The molecule has 2 aromatic rings. The average molecular weight is 425 g/mol. The molecule has 0 radical (unpaired) electrons. The number of aromatic nitrogens is 2. The Balaban J connectivity index is 2.11. The van der Waals surface area contributed by atoms with Gasteiger partial charge in [0.25, 0.3) is 5.56 Å². The molecule has 9 heteroatoms. The minimum atomic E-state index is -0.500. The molecule has 0 aliphatic rings. The van der Waals surface area contributed by atoms with Crippen molar-refractivity contribution >= 4 is 45.3 Å². The van der Waals surface area contributed by atoms with Crippen molar-refractivity contribution in [3.05, 3.63) is 20.8 Å². The molecule has 0 bridgehead atoms. The van der Waals surface area contributed by atoms with Gasteiger partial charge in [0.15, 0.2) is 5.16 Å². The van der Waals surface area contributed by atoms with Crippen LogP contribution in [-0.2, 0) is 4.79 Å². The van der Waals surface area contributed by atoms with Gasteiger partial charge in [0.1, 0.15) is 4.83 Å². The van der Waals surface area contributed by atoms with Crippen molar-refractivity contribution in [2.75, 3.05) is 12.3 Å². The molecule has 2 rings (SSSR count). The molecule has 0 aromatic carbocycles. The van der Waals surface area contributed by atoms with E-state index in [0.29, 0.717) is 27.8 Å². The molecule has 7 nitrogen and oxygen atoms in total. The zero-order chi connectivity index (χ0) is 21.0. The number of thioether (sulfide) groups is 1. The lowest BCUT2D eigenvalue weighted by Gasteiger charge is -2.15. The maximum absolute atomic E-state index is 13.0. The highest BCUT2D eigenvalue weighted by molar-refractivity contribution is 7.99. The van der Waals surface area contributed by atoms with Crippen molar-refractivity contribution in [2.24, 2.45) is 5.92 Å². The van der Waals surface area contributed by atoms with E-state index in [-0.39, 0.29) is 17.4 Å². The fraction of sp³-hybridized carbons (Fsp3) is 0.579. The van der Waals surface area contributed by atoms with Gasteiger partial charge in [-0.25, -0.2) is 9.78 Å². The molecule has 0 aliphatic carbocycles.